The Morgan fingerprint density at radius 3 is 2.56 bits per heavy atom. The van der Waals surface area contributed by atoms with Crippen molar-refractivity contribution in [1.82, 2.24) is 4.98 Å². The lowest BCUT2D eigenvalue weighted by Gasteiger charge is -2.20. The largest absolute Gasteiger partial charge is 0.496 e. The molecule has 5 aromatic rings. The van der Waals surface area contributed by atoms with E-state index in [1.165, 1.54) is 23.9 Å². The van der Waals surface area contributed by atoms with E-state index in [-0.39, 0.29) is 16.4 Å². The Labute approximate surface area is 268 Å². The number of nitrogens with zero attached hydrogens (tertiary/aromatic N) is 2. The number of para-hydroxylation sites is 1. The fraction of sp³-hybridized carbons (Fsp3) is 0.0833. The van der Waals surface area contributed by atoms with E-state index < -0.39 is 12.1 Å². The second-order valence-corrected chi connectivity index (χ2v) is 12.1. The number of anilines is 2. The number of carbonyl (C=O) groups is 1. The van der Waals surface area contributed by atoms with Crippen LogP contribution in [0.2, 0.25) is 0 Å². The van der Waals surface area contributed by atoms with E-state index in [0.29, 0.717) is 28.2 Å². The van der Waals surface area contributed by atoms with E-state index in [0.717, 1.165) is 32.3 Å². The van der Waals surface area contributed by atoms with E-state index in [1.54, 1.807) is 55.3 Å². The van der Waals surface area contributed by atoms with Gasteiger partial charge in [0.2, 0.25) is 0 Å². The van der Waals surface area contributed by atoms with Crippen molar-refractivity contribution in [1.29, 1.82) is 5.26 Å². The maximum Gasteiger partial charge on any atom is 0.280 e. The van der Waals surface area contributed by atoms with Crippen LogP contribution in [-0.2, 0) is 5.75 Å². The molecule has 1 N–H and O–H groups in total. The fourth-order valence-corrected chi connectivity index (χ4v) is 6.89. The highest BCUT2D eigenvalue weighted by Gasteiger charge is 2.20. The smallest absolute Gasteiger partial charge is 0.280 e. The molecule has 2 heterocycles. The molecule has 222 valence electrons. The number of hydrogen-bond donors (Lipinski definition) is 1. The van der Waals surface area contributed by atoms with Gasteiger partial charge in [-0.15, -0.1) is 11.8 Å². The molecule has 1 aliphatic heterocycles. The zero-order valence-electron chi connectivity index (χ0n) is 24.0. The predicted molar refractivity (Wildman–Crippen MR) is 176 cm³/mol. The van der Waals surface area contributed by atoms with Crippen LogP contribution in [0.1, 0.15) is 39.2 Å². The summed E-state index contributed by atoms with van der Waals surface area (Å²) < 4.78 is 33.2. The molecule has 0 amide bonds. The van der Waals surface area contributed by atoms with Crippen LogP contribution in [0, 0.1) is 11.3 Å². The third kappa shape index (κ3) is 6.63. The summed E-state index contributed by atoms with van der Waals surface area (Å²) in [7, 11) is 1.55. The average molecular weight is 634 g/mol. The molecule has 9 heteroatoms. The third-order valence-corrected chi connectivity index (χ3v) is 9.34. The van der Waals surface area contributed by atoms with Crippen molar-refractivity contribution < 1.29 is 18.3 Å². The number of pyridine rings is 1. The van der Waals surface area contributed by atoms with E-state index in [1.807, 2.05) is 54.6 Å². The molecular weight excluding hydrogens is 609 g/mol. The van der Waals surface area contributed by atoms with E-state index >= 15 is 0 Å². The van der Waals surface area contributed by atoms with Crippen LogP contribution in [0.5, 0.6) is 5.75 Å². The Morgan fingerprint density at radius 2 is 1.78 bits per heavy atom. The number of methoxy groups -OCH3 is 1. The number of aromatic nitrogens is 1. The maximum absolute atomic E-state index is 13.8. The van der Waals surface area contributed by atoms with Crippen LogP contribution >= 0.6 is 23.5 Å². The number of ketones is 1. The number of halogens is 2. The second kappa shape index (κ2) is 13.4. The van der Waals surface area contributed by atoms with Crippen molar-refractivity contribution in [2.45, 2.75) is 27.0 Å². The maximum atomic E-state index is 13.8. The van der Waals surface area contributed by atoms with Gasteiger partial charge in [-0.2, -0.15) is 5.26 Å². The van der Waals surface area contributed by atoms with Crippen LogP contribution in [0.4, 0.5) is 20.2 Å². The van der Waals surface area contributed by atoms with Crippen LogP contribution in [0.3, 0.4) is 0 Å². The van der Waals surface area contributed by atoms with Gasteiger partial charge in [0.05, 0.1) is 24.0 Å². The predicted octanol–water partition coefficient (Wildman–Crippen LogP) is 9.96. The molecule has 0 saturated heterocycles. The van der Waals surface area contributed by atoms with Crippen molar-refractivity contribution in [2.24, 2.45) is 0 Å². The molecule has 1 aromatic heterocycles. The van der Waals surface area contributed by atoms with Crippen molar-refractivity contribution in [3.8, 4) is 22.9 Å². The van der Waals surface area contributed by atoms with Gasteiger partial charge in [0.25, 0.3) is 6.43 Å². The summed E-state index contributed by atoms with van der Waals surface area (Å²) in [5.41, 5.74) is 4.90. The van der Waals surface area contributed by atoms with Gasteiger partial charge >= 0.3 is 0 Å². The first-order valence-electron chi connectivity index (χ1n) is 13.9. The number of ether oxygens (including phenoxy) is 1. The molecule has 0 radical (unpaired) electrons. The molecule has 0 unspecified atom stereocenters. The number of allylic oxidation sites excluding steroid dienone is 1. The van der Waals surface area contributed by atoms with Crippen LogP contribution in [0.25, 0.3) is 17.2 Å². The molecule has 0 bridgehead atoms. The molecule has 0 spiro atoms. The molecule has 0 fully saturated rings. The Kier molecular flexibility index (Phi) is 8.96. The summed E-state index contributed by atoms with van der Waals surface area (Å²) in [6.07, 6.45) is 0.467. The summed E-state index contributed by atoms with van der Waals surface area (Å²) in [4.78, 5) is 19.5. The molecule has 6 rings (SSSR count). The van der Waals surface area contributed by atoms with Gasteiger partial charge in [0.1, 0.15) is 22.5 Å². The van der Waals surface area contributed by atoms with Gasteiger partial charge < -0.3 is 10.1 Å². The lowest BCUT2D eigenvalue weighted by molar-refractivity contribution is 0.104. The first-order chi connectivity index (χ1) is 21.9. The topological polar surface area (TPSA) is 75.0 Å². The molecule has 45 heavy (non-hydrogen) atoms. The molecule has 5 nitrogen and oxygen atoms in total. The quantitative estimate of drug-likeness (QED) is 0.0965. The number of rotatable bonds is 9. The highest BCUT2D eigenvalue weighted by atomic mass is 32.2. The number of nitrogens with one attached hydrogen (secondary N) is 1. The molecule has 0 atom stereocenters. The van der Waals surface area contributed by atoms with Crippen molar-refractivity contribution in [2.75, 3.05) is 12.4 Å². The Balaban J connectivity index is 1.22. The first kappa shape index (κ1) is 30.1. The summed E-state index contributed by atoms with van der Waals surface area (Å²) in [6.45, 7) is 0. The number of nitriles is 1. The van der Waals surface area contributed by atoms with Gasteiger partial charge in [-0.3, -0.25) is 4.79 Å². The van der Waals surface area contributed by atoms with E-state index in [4.69, 9.17) is 4.74 Å². The Morgan fingerprint density at radius 1 is 1.00 bits per heavy atom. The number of benzene rings is 4. The minimum absolute atomic E-state index is 0.143. The molecule has 0 aliphatic carbocycles. The zero-order chi connectivity index (χ0) is 31.3. The highest BCUT2D eigenvalue weighted by molar-refractivity contribution is 7.99. The fourth-order valence-electron chi connectivity index (χ4n) is 4.93. The lowest BCUT2D eigenvalue weighted by Crippen LogP contribution is -2.02. The number of thioether (sulfide) groups is 1. The van der Waals surface area contributed by atoms with Gasteiger partial charge in [-0.05, 0) is 65.7 Å². The SMILES string of the molecule is COc1ccc(/C=C/C(=O)c2ccc3c(c2)Nc2ccccc2S3)cc1CSc1nc(C(F)F)cc(-c2ccccc2)c1C#N. The number of alkyl halides is 2. The summed E-state index contributed by atoms with van der Waals surface area (Å²) in [5, 5.41) is 13.6. The van der Waals surface area contributed by atoms with Crippen molar-refractivity contribution >= 4 is 46.8 Å². The number of carbonyl (C=O) groups excluding carboxylic acids is 1. The van der Waals surface area contributed by atoms with Gasteiger partial charge in [-0.1, -0.05) is 66.4 Å². The van der Waals surface area contributed by atoms with Crippen molar-refractivity contribution in [3.63, 3.8) is 0 Å². The van der Waals surface area contributed by atoms with Crippen LogP contribution in [0.15, 0.2) is 118 Å². The van der Waals surface area contributed by atoms with E-state index in [2.05, 4.69) is 22.4 Å². The molecular formula is C36H25F2N3O2S2. The summed E-state index contributed by atoms with van der Waals surface area (Å²) in [6, 6.07) is 31.6. The second-order valence-electron chi connectivity index (χ2n) is 10.0. The standard InChI is InChI=1S/C36H25F2N3O2S2/c1-43-32-15-12-22(11-14-31(42)24-13-16-34-29(18-24)40-28-9-5-6-10-33(28)45-34)17-25(32)21-44-36-27(20-39)26(19-30(41-36)35(37)38)23-7-3-2-4-8-23/h2-19,35,40H,21H2,1H3/b14-11+. The lowest BCUT2D eigenvalue weighted by atomic mass is 10.0. The third-order valence-electron chi connectivity index (χ3n) is 7.16. The molecule has 0 saturated carbocycles. The normalized spacial score (nSPS) is 11.9. The Hall–Kier alpha value is -4.91. The van der Waals surface area contributed by atoms with Gasteiger partial charge in [0.15, 0.2) is 5.78 Å². The summed E-state index contributed by atoms with van der Waals surface area (Å²) >= 11 is 2.85. The van der Waals surface area contributed by atoms with E-state index in [9.17, 15) is 18.8 Å². The van der Waals surface area contributed by atoms with Crippen LogP contribution in [-0.4, -0.2) is 17.9 Å². The number of hydrogen-bond acceptors (Lipinski definition) is 7. The highest BCUT2D eigenvalue weighted by Crippen LogP contribution is 2.44. The van der Waals surface area contributed by atoms with Gasteiger partial charge in [0, 0.05) is 32.2 Å². The minimum Gasteiger partial charge on any atom is -0.496 e. The minimum atomic E-state index is -2.79. The van der Waals surface area contributed by atoms with Crippen LogP contribution < -0.4 is 10.1 Å². The Bertz CT molecular complexity index is 1970. The van der Waals surface area contributed by atoms with Crippen molar-refractivity contribution in [3.05, 3.63) is 131 Å². The monoisotopic (exact) mass is 633 g/mol. The molecule has 1 aliphatic rings. The zero-order valence-corrected chi connectivity index (χ0v) is 25.6. The average Bonchev–Trinajstić information content (AvgIpc) is 3.08. The number of fused-ring (bicyclic) bond motifs is 2. The molecule has 4 aromatic carbocycles. The van der Waals surface area contributed by atoms with Gasteiger partial charge in [-0.25, -0.2) is 13.8 Å². The summed E-state index contributed by atoms with van der Waals surface area (Å²) in [5.74, 6) is 0.753. The first-order valence-corrected chi connectivity index (χ1v) is 15.7.